The predicted molar refractivity (Wildman–Crippen MR) is 109 cm³/mol. The van der Waals surface area contributed by atoms with Crippen LogP contribution in [0.3, 0.4) is 0 Å². The molecule has 2 atom stereocenters. The number of carbonyl (C=O) groups excluding carboxylic acids is 4. The van der Waals surface area contributed by atoms with E-state index >= 15 is 0 Å². The summed E-state index contributed by atoms with van der Waals surface area (Å²) in [5.74, 6) is -2.31. The van der Waals surface area contributed by atoms with Crippen LogP contribution in [-0.4, -0.2) is 59.3 Å². The third kappa shape index (κ3) is 3.68. The SMILES string of the molecule is COC(=O)C1COC=CN1C(=O)C(Cc1ccccc1)N1C(=O)c2ccccc2C1=O. The molecule has 2 unspecified atom stereocenters. The van der Waals surface area contributed by atoms with Crippen molar-refractivity contribution < 1.29 is 28.7 Å². The Kier molecular flexibility index (Phi) is 5.53. The molecular weight excluding hydrogens is 400 g/mol. The van der Waals surface area contributed by atoms with Crippen molar-refractivity contribution in [3.63, 3.8) is 0 Å². The highest BCUT2D eigenvalue weighted by molar-refractivity contribution is 6.23. The summed E-state index contributed by atoms with van der Waals surface area (Å²) in [6.07, 6.45) is 2.72. The molecule has 3 amide bonds. The maximum absolute atomic E-state index is 13.6. The lowest BCUT2D eigenvalue weighted by atomic mass is 10.0. The number of hydrogen-bond donors (Lipinski definition) is 0. The Hall–Kier alpha value is -3.94. The fraction of sp³-hybridized carbons (Fsp3) is 0.217. The van der Waals surface area contributed by atoms with E-state index in [1.807, 2.05) is 30.3 Å². The number of nitrogens with zero attached hydrogens (tertiary/aromatic N) is 2. The number of rotatable bonds is 5. The minimum Gasteiger partial charge on any atom is -0.497 e. The standard InChI is InChI=1S/C23H20N2O6/c1-30-23(29)19-14-31-12-11-24(19)22(28)18(13-15-7-3-2-4-8-15)25-20(26)16-9-5-6-10-17(16)21(25)27/h2-12,18-19H,13-14H2,1H3. The summed E-state index contributed by atoms with van der Waals surface area (Å²) in [6, 6.07) is 13.4. The van der Waals surface area contributed by atoms with E-state index in [4.69, 9.17) is 9.47 Å². The van der Waals surface area contributed by atoms with E-state index in [2.05, 4.69) is 0 Å². The molecule has 2 heterocycles. The second kappa shape index (κ2) is 8.43. The Morgan fingerprint density at radius 1 is 1.03 bits per heavy atom. The number of imide groups is 1. The van der Waals surface area contributed by atoms with Gasteiger partial charge in [0.15, 0.2) is 6.04 Å². The van der Waals surface area contributed by atoms with Gasteiger partial charge in [-0.2, -0.15) is 0 Å². The average Bonchev–Trinajstić information content (AvgIpc) is 3.07. The van der Waals surface area contributed by atoms with E-state index in [0.29, 0.717) is 0 Å². The van der Waals surface area contributed by atoms with Crippen molar-refractivity contribution in [1.82, 2.24) is 9.80 Å². The number of fused-ring (bicyclic) bond motifs is 1. The van der Waals surface area contributed by atoms with Crippen LogP contribution in [0.5, 0.6) is 0 Å². The van der Waals surface area contributed by atoms with Crippen LogP contribution < -0.4 is 0 Å². The topological polar surface area (TPSA) is 93.2 Å². The lowest BCUT2D eigenvalue weighted by Crippen LogP contribution is -2.56. The molecule has 0 fully saturated rings. The Morgan fingerprint density at radius 3 is 2.26 bits per heavy atom. The van der Waals surface area contributed by atoms with Gasteiger partial charge in [-0.05, 0) is 17.7 Å². The first-order valence-corrected chi connectivity index (χ1v) is 9.72. The van der Waals surface area contributed by atoms with E-state index in [1.54, 1.807) is 24.3 Å². The van der Waals surface area contributed by atoms with Gasteiger partial charge in [0, 0.05) is 12.6 Å². The molecule has 2 aromatic rings. The molecule has 0 aliphatic carbocycles. The Labute approximate surface area is 178 Å². The molecule has 2 aliphatic rings. The lowest BCUT2D eigenvalue weighted by Gasteiger charge is -2.34. The zero-order valence-electron chi connectivity index (χ0n) is 16.8. The van der Waals surface area contributed by atoms with Gasteiger partial charge in [0.05, 0.1) is 24.5 Å². The molecule has 4 rings (SSSR count). The van der Waals surface area contributed by atoms with Crippen LogP contribution in [0.2, 0.25) is 0 Å². The largest absolute Gasteiger partial charge is 0.497 e. The first-order chi connectivity index (χ1) is 15.0. The molecule has 31 heavy (non-hydrogen) atoms. The third-order valence-electron chi connectivity index (χ3n) is 5.33. The Morgan fingerprint density at radius 2 is 1.65 bits per heavy atom. The number of esters is 1. The molecule has 0 aromatic heterocycles. The lowest BCUT2D eigenvalue weighted by molar-refractivity contribution is -0.154. The predicted octanol–water partition coefficient (Wildman–Crippen LogP) is 1.77. The summed E-state index contributed by atoms with van der Waals surface area (Å²) in [4.78, 5) is 54.2. The molecule has 0 saturated heterocycles. The summed E-state index contributed by atoms with van der Waals surface area (Å²) in [6.45, 7) is -0.0882. The summed E-state index contributed by atoms with van der Waals surface area (Å²) >= 11 is 0. The van der Waals surface area contributed by atoms with Crippen LogP contribution in [0, 0.1) is 0 Å². The highest BCUT2D eigenvalue weighted by Crippen LogP contribution is 2.27. The van der Waals surface area contributed by atoms with Crippen molar-refractivity contribution in [2.75, 3.05) is 13.7 Å². The maximum Gasteiger partial charge on any atom is 0.332 e. The number of carbonyl (C=O) groups is 4. The van der Waals surface area contributed by atoms with Gasteiger partial charge in [-0.25, -0.2) is 4.79 Å². The molecule has 8 heteroatoms. The summed E-state index contributed by atoms with van der Waals surface area (Å²) < 4.78 is 9.97. The third-order valence-corrected chi connectivity index (χ3v) is 5.33. The first-order valence-electron chi connectivity index (χ1n) is 9.72. The van der Waals surface area contributed by atoms with Gasteiger partial charge < -0.3 is 9.47 Å². The molecule has 8 nitrogen and oxygen atoms in total. The smallest absolute Gasteiger partial charge is 0.332 e. The maximum atomic E-state index is 13.6. The second-order valence-electron chi connectivity index (χ2n) is 7.13. The van der Waals surface area contributed by atoms with Crippen LogP contribution in [0.4, 0.5) is 0 Å². The van der Waals surface area contributed by atoms with Crippen molar-refractivity contribution in [3.8, 4) is 0 Å². The molecule has 0 bridgehead atoms. The van der Waals surface area contributed by atoms with Crippen LogP contribution in [0.1, 0.15) is 26.3 Å². The average molecular weight is 420 g/mol. The van der Waals surface area contributed by atoms with Crippen molar-refractivity contribution in [3.05, 3.63) is 83.7 Å². The van der Waals surface area contributed by atoms with Crippen LogP contribution in [0.25, 0.3) is 0 Å². The van der Waals surface area contributed by atoms with Crippen molar-refractivity contribution in [2.24, 2.45) is 0 Å². The van der Waals surface area contributed by atoms with E-state index < -0.39 is 35.8 Å². The zero-order chi connectivity index (χ0) is 22.0. The number of hydrogen-bond acceptors (Lipinski definition) is 6. The second-order valence-corrected chi connectivity index (χ2v) is 7.13. The normalized spacial score (nSPS) is 18.4. The molecule has 0 spiro atoms. The Bertz CT molecular complexity index is 1030. The first kappa shape index (κ1) is 20.3. The van der Waals surface area contributed by atoms with Crippen molar-refractivity contribution in [1.29, 1.82) is 0 Å². The van der Waals surface area contributed by atoms with Crippen LogP contribution in [0.15, 0.2) is 67.1 Å². The van der Waals surface area contributed by atoms with Crippen molar-refractivity contribution >= 4 is 23.7 Å². The van der Waals surface area contributed by atoms with E-state index in [1.165, 1.54) is 24.5 Å². The summed E-state index contributed by atoms with van der Waals surface area (Å²) in [5.41, 5.74) is 1.27. The fourth-order valence-electron chi connectivity index (χ4n) is 3.77. The quantitative estimate of drug-likeness (QED) is 0.541. The van der Waals surface area contributed by atoms with Crippen LogP contribution >= 0.6 is 0 Å². The molecule has 2 aliphatic heterocycles. The van der Waals surface area contributed by atoms with E-state index in [0.717, 1.165) is 10.5 Å². The minimum absolute atomic E-state index is 0.0882. The van der Waals surface area contributed by atoms with Gasteiger partial charge in [-0.1, -0.05) is 42.5 Å². The Balaban J connectivity index is 1.73. The monoisotopic (exact) mass is 420 g/mol. The molecule has 0 radical (unpaired) electrons. The molecular formula is C23H20N2O6. The summed E-state index contributed by atoms with van der Waals surface area (Å²) in [7, 11) is 1.22. The number of benzene rings is 2. The van der Waals surface area contributed by atoms with Gasteiger partial charge in [0.1, 0.15) is 12.6 Å². The fourth-order valence-corrected chi connectivity index (χ4v) is 3.77. The van der Waals surface area contributed by atoms with Crippen LogP contribution in [-0.2, 0) is 25.5 Å². The van der Waals surface area contributed by atoms with E-state index in [9.17, 15) is 19.2 Å². The zero-order valence-corrected chi connectivity index (χ0v) is 16.8. The molecule has 0 N–H and O–H groups in total. The summed E-state index contributed by atoms with van der Waals surface area (Å²) in [5, 5.41) is 0. The van der Waals surface area contributed by atoms with Gasteiger partial charge in [0.2, 0.25) is 0 Å². The van der Waals surface area contributed by atoms with Gasteiger partial charge >= 0.3 is 5.97 Å². The van der Waals surface area contributed by atoms with Gasteiger partial charge in [-0.15, -0.1) is 0 Å². The van der Waals surface area contributed by atoms with E-state index in [-0.39, 0.29) is 24.2 Å². The van der Waals surface area contributed by atoms with Gasteiger partial charge in [0.25, 0.3) is 17.7 Å². The van der Waals surface area contributed by atoms with Crippen molar-refractivity contribution in [2.45, 2.75) is 18.5 Å². The number of ether oxygens (including phenoxy) is 2. The van der Waals surface area contributed by atoms with Gasteiger partial charge in [-0.3, -0.25) is 24.2 Å². The molecule has 2 aromatic carbocycles. The minimum atomic E-state index is -1.15. The number of amides is 3. The highest BCUT2D eigenvalue weighted by atomic mass is 16.5. The highest BCUT2D eigenvalue weighted by Gasteiger charge is 2.45. The molecule has 0 saturated carbocycles. The number of methoxy groups -OCH3 is 1. The molecule has 158 valence electrons.